The van der Waals surface area contributed by atoms with Crippen LogP contribution in [0.1, 0.15) is 55.7 Å². The zero-order valence-corrected chi connectivity index (χ0v) is 13.3. The molecule has 1 aliphatic heterocycles. The topological polar surface area (TPSA) is 15.3 Å². The van der Waals surface area contributed by atoms with Gasteiger partial charge in [0.15, 0.2) is 0 Å². The first-order valence-corrected chi connectivity index (χ1v) is 8.38. The van der Waals surface area contributed by atoms with E-state index < -0.39 is 0 Å². The Morgan fingerprint density at radius 2 is 2.05 bits per heavy atom. The summed E-state index contributed by atoms with van der Waals surface area (Å²) in [6.07, 6.45) is 10.6. The smallest absolute Gasteiger partial charge is 0.0380 e. The van der Waals surface area contributed by atoms with Gasteiger partial charge in [-0.1, -0.05) is 19.8 Å². The van der Waals surface area contributed by atoms with Gasteiger partial charge in [0.05, 0.1) is 0 Å². The highest BCUT2D eigenvalue weighted by Crippen LogP contribution is 2.43. The summed E-state index contributed by atoms with van der Waals surface area (Å²) in [7, 11) is 0. The van der Waals surface area contributed by atoms with Gasteiger partial charge < -0.3 is 10.2 Å². The summed E-state index contributed by atoms with van der Waals surface area (Å²) in [6, 6.07) is 4.95. The Hall–Kier alpha value is -1.46. The van der Waals surface area contributed by atoms with Gasteiger partial charge in [-0.05, 0) is 62.0 Å². The maximum Gasteiger partial charge on any atom is 0.0380 e. The van der Waals surface area contributed by atoms with Crippen molar-refractivity contribution in [3.63, 3.8) is 0 Å². The van der Waals surface area contributed by atoms with E-state index in [2.05, 4.69) is 42.1 Å². The molecule has 0 bridgehead atoms. The van der Waals surface area contributed by atoms with Gasteiger partial charge in [-0.15, -0.1) is 6.42 Å². The van der Waals surface area contributed by atoms with E-state index >= 15 is 0 Å². The highest BCUT2D eigenvalue weighted by atomic mass is 15.2. The molecule has 2 nitrogen and oxygen atoms in total. The third-order valence-electron chi connectivity index (χ3n) is 4.99. The van der Waals surface area contributed by atoms with Crippen molar-refractivity contribution in [2.24, 2.45) is 0 Å². The Morgan fingerprint density at radius 1 is 1.29 bits per heavy atom. The van der Waals surface area contributed by atoms with Crippen LogP contribution in [-0.4, -0.2) is 30.6 Å². The number of nitrogens with zero attached hydrogens (tertiary/aromatic N) is 1. The predicted molar refractivity (Wildman–Crippen MR) is 89.9 cm³/mol. The molecule has 0 unspecified atom stereocenters. The molecule has 0 radical (unpaired) electrons. The highest BCUT2D eigenvalue weighted by molar-refractivity contribution is 5.66. The Labute approximate surface area is 128 Å². The van der Waals surface area contributed by atoms with Gasteiger partial charge in [0.2, 0.25) is 0 Å². The molecule has 0 saturated heterocycles. The maximum atomic E-state index is 5.74. The molecular weight excluding hydrogens is 256 g/mol. The molecule has 1 aromatic rings. The molecule has 0 spiro atoms. The van der Waals surface area contributed by atoms with Crippen LogP contribution in [0, 0.1) is 12.3 Å². The molecule has 1 aliphatic carbocycles. The van der Waals surface area contributed by atoms with Crippen LogP contribution >= 0.6 is 0 Å². The van der Waals surface area contributed by atoms with Crippen molar-refractivity contribution in [1.82, 2.24) is 4.90 Å². The van der Waals surface area contributed by atoms with Crippen LogP contribution in [0.2, 0.25) is 0 Å². The van der Waals surface area contributed by atoms with Gasteiger partial charge in [-0.2, -0.15) is 0 Å². The Bertz CT molecular complexity index is 549. The molecule has 1 N–H and O–H groups in total. The molecular formula is C19H26N2. The SMILES string of the molecule is C#Cc1ccc2c3c1C[C@H](N(CCC)CCC)C[C@@H]3CN2. The number of anilines is 1. The molecule has 0 aromatic heterocycles. The van der Waals surface area contributed by atoms with Gasteiger partial charge in [0, 0.05) is 29.8 Å². The van der Waals surface area contributed by atoms with Crippen molar-refractivity contribution in [2.75, 3.05) is 25.0 Å². The lowest BCUT2D eigenvalue weighted by molar-refractivity contribution is 0.172. The average molecular weight is 282 g/mol. The van der Waals surface area contributed by atoms with Crippen molar-refractivity contribution < 1.29 is 0 Å². The van der Waals surface area contributed by atoms with Crippen molar-refractivity contribution in [2.45, 2.75) is 51.5 Å². The highest BCUT2D eigenvalue weighted by Gasteiger charge is 2.35. The summed E-state index contributed by atoms with van der Waals surface area (Å²) >= 11 is 0. The molecule has 2 atom stereocenters. The zero-order valence-electron chi connectivity index (χ0n) is 13.3. The van der Waals surface area contributed by atoms with E-state index in [9.17, 15) is 0 Å². The summed E-state index contributed by atoms with van der Waals surface area (Å²) in [6.45, 7) is 8.06. The number of terminal acetylenes is 1. The Morgan fingerprint density at radius 3 is 2.71 bits per heavy atom. The monoisotopic (exact) mass is 282 g/mol. The normalized spacial score (nSPS) is 22.8. The number of benzene rings is 1. The lowest BCUT2D eigenvalue weighted by atomic mass is 9.78. The number of hydrogen-bond acceptors (Lipinski definition) is 2. The van der Waals surface area contributed by atoms with Crippen LogP contribution in [0.5, 0.6) is 0 Å². The fraction of sp³-hybridized carbons (Fsp3) is 0.579. The third kappa shape index (κ3) is 2.56. The predicted octanol–water partition coefficient (Wildman–Crippen LogP) is 3.61. The molecule has 2 aliphatic rings. The first-order chi connectivity index (χ1) is 10.3. The second-order valence-corrected chi connectivity index (χ2v) is 6.40. The summed E-state index contributed by atoms with van der Waals surface area (Å²) in [5.41, 5.74) is 5.40. The van der Waals surface area contributed by atoms with Gasteiger partial charge in [0.25, 0.3) is 0 Å². The average Bonchev–Trinajstić information content (AvgIpc) is 2.92. The van der Waals surface area contributed by atoms with E-state index in [1.165, 1.54) is 49.2 Å². The fourth-order valence-corrected chi connectivity index (χ4v) is 4.15. The van der Waals surface area contributed by atoms with Crippen LogP contribution in [0.15, 0.2) is 12.1 Å². The van der Waals surface area contributed by atoms with Crippen LogP contribution in [0.4, 0.5) is 5.69 Å². The van der Waals surface area contributed by atoms with Crippen LogP contribution in [-0.2, 0) is 6.42 Å². The largest absolute Gasteiger partial charge is 0.384 e. The van der Waals surface area contributed by atoms with Crippen molar-refractivity contribution >= 4 is 5.69 Å². The number of rotatable bonds is 5. The van der Waals surface area contributed by atoms with Crippen molar-refractivity contribution in [3.8, 4) is 12.3 Å². The van der Waals surface area contributed by atoms with E-state index in [-0.39, 0.29) is 0 Å². The molecule has 0 saturated carbocycles. The van der Waals surface area contributed by atoms with E-state index in [0.717, 1.165) is 18.5 Å². The standard InChI is InChI=1S/C19H26N2/c1-4-9-21(10-5-2)16-11-15-13-20-18-8-7-14(6-3)17(12-16)19(15)18/h3,7-8,15-16,20H,4-5,9-13H2,1-2H3/t15-,16-/m1/s1. The van der Waals surface area contributed by atoms with Gasteiger partial charge in [-0.25, -0.2) is 0 Å². The molecule has 3 rings (SSSR count). The minimum atomic E-state index is 0.651. The molecule has 1 aromatic carbocycles. The quantitative estimate of drug-likeness (QED) is 0.830. The minimum absolute atomic E-state index is 0.651. The van der Waals surface area contributed by atoms with Gasteiger partial charge in [0.1, 0.15) is 0 Å². The maximum absolute atomic E-state index is 5.74. The van der Waals surface area contributed by atoms with E-state index in [1.54, 1.807) is 0 Å². The first-order valence-electron chi connectivity index (χ1n) is 8.38. The molecule has 0 fully saturated rings. The third-order valence-corrected chi connectivity index (χ3v) is 4.99. The van der Waals surface area contributed by atoms with Crippen LogP contribution in [0.25, 0.3) is 0 Å². The second-order valence-electron chi connectivity index (χ2n) is 6.40. The van der Waals surface area contributed by atoms with Crippen LogP contribution in [0.3, 0.4) is 0 Å². The van der Waals surface area contributed by atoms with E-state index in [0.29, 0.717) is 12.0 Å². The number of nitrogens with one attached hydrogen (secondary N) is 1. The molecule has 0 amide bonds. The second kappa shape index (κ2) is 6.12. The van der Waals surface area contributed by atoms with Crippen LogP contribution < -0.4 is 5.32 Å². The Balaban J connectivity index is 1.92. The van der Waals surface area contributed by atoms with Gasteiger partial charge >= 0.3 is 0 Å². The summed E-state index contributed by atoms with van der Waals surface area (Å²) in [5, 5.41) is 3.57. The molecule has 1 heterocycles. The summed E-state index contributed by atoms with van der Waals surface area (Å²) in [4.78, 5) is 2.69. The van der Waals surface area contributed by atoms with Gasteiger partial charge in [-0.3, -0.25) is 0 Å². The zero-order chi connectivity index (χ0) is 14.8. The van der Waals surface area contributed by atoms with Crippen molar-refractivity contribution in [3.05, 3.63) is 28.8 Å². The Kier molecular flexibility index (Phi) is 4.22. The van der Waals surface area contributed by atoms with E-state index in [4.69, 9.17) is 6.42 Å². The number of hydrogen-bond donors (Lipinski definition) is 1. The molecule has 21 heavy (non-hydrogen) atoms. The lowest BCUT2D eigenvalue weighted by Crippen LogP contribution is -2.41. The fourth-order valence-electron chi connectivity index (χ4n) is 4.15. The summed E-state index contributed by atoms with van der Waals surface area (Å²) in [5.74, 6) is 3.56. The minimum Gasteiger partial charge on any atom is -0.384 e. The lowest BCUT2D eigenvalue weighted by Gasteiger charge is -2.37. The molecule has 112 valence electrons. The molecule has 2 heteroatoms. The van der Waals surface area contributed by atoms with E-state index in [1.807, 2.05) is 0 Å². The summed E-state index contributed by atoms with van der Waals surface area (Å²) < 4.78 is 0. The first kappa shape index (κ1) is 14.5. The van der Waals surface area contributed by atoms with Crippen molar-refractivity contribution in [1.29, 1.82) is 0 Å².